The number of aromatic nitrogens is 3. The molecule has 0 saturated carbocycles. The number of rotatable bonds is 5. The van der Waals surface area contributed by atoms with E-state index in [9.17, 15) is 13.2 Å². The lowest BCUT2D eigenvalue weighted by Crippen LogP contribution is -2.42. The Hall–Kier alpha value is -2.82. The Kier molecular flexibility index (Phi) is 6.13. The maximum atomic E-state index is 13.7. The second kappa shape index (κ2) is 9.09. The van der Waals surface area contributed by atoms with E-state index in [1.165, 1.54) is 10.6 Å². The van der Waals surface area contributed by atoms with Crippen molar-refractivity contribution in [2.45, 2.75) is 38.3 Å². The number of sulfonamides is 1. The minimum Gasteiger partial charge on any atom is -0.379 e. The van der Waals surface area contributed by atoms with Crippen molar-refractivity contribution in [3.05, 3.63) is 52.4 Å². The highest BCUT2D eigenvalue weighted by Crippen LogP contribution is 2.28. The molecule has 3 aromatic rings. The molecule has 34 heavy (non-hydrogen) atoms. The Morgan fingerprint density at radius 1 is 1.12 bits per heavy atom. The van der Waals surface area contributed by atoms with E-state index in [0.29, 0.717) is 56.3 Å². The first-order valence-electron chi connectivity index (χ1n) is 11.6. The molecule has 1 N–H and O–H groups in total. The summed E-state index contributed by atoms with van der Waals surface area (Å²) in [6, 6.07) is 9.73. The van der Waals surface area contributed by atoms with E-state index in [-0.39, 0.29) is 17.6 Å². The molecule has 0 radical (unpaired) electrons. The molecule has 1 unspecified atom stereocenters. The first-order valence-corrected chi connectivity index (χ1v) is 13.4. The Balaban J connectivity index is 1.52. The predicted octanol–water partition coefficient (Wildman–Crippen LogP) is 2.56. The number of pyridine rings is 1. The van der Waals surface area contributed by atoms with Gasteiger partial charge in [0.1, 0.15) is 5.65 Å². The highest BCUT2D eigenvalue weighted by atomic mass is 32.2. The van der Waals surface area contributed by atoms with Crippen molar-refractivity contribution in [1.82, 2.24) is 18.8 Å². The summed E-state index contributed by atoms with van der Waals surface area (Å²) in [5.74, 6) is 0.445. The number of benzene rings is 1. The molecule has 4 heterocycles. The number of ether oxygens (including phenoxy) is 1. The number of anilines is 1. The smallest absolute Gasteiger partial charge is 0.260 e. The van der Waals surface area contributed by atoms with Crippen LogP contribution in [0.4, 0.5) is 5.95 Å². The van der Waals surface area contributed by atoms with Crippen LogP contribution in [0.1, 0.15) is 30.9 Å². The van der Waals surface area contributed by atoms with Gasteiger partial charge in [-0.2, -0.15) is 4.98 Å². The summed E-state index contributed by atoms with van der Waals surface area (Å²) in [6.45, 7) is 4.02. The quantitative estimate of drug-likeness (QED) is 0.594. The standard InChI is InChI=1S/C24H29N5O4S/c1-16-5-3-4-6-20(16)21-13-17-14-25-24(26-18-7-10-28(11-8-18)34(2,31)32)27-22(17)29(23(21)30)19-9-12-33-15-19/h3-6,13-14,18-19H,7-12,15H2,1-2H3,(H,25,26,27). The first-order chi connectivity index (χ1) is 16.3. The highest BCUT2D eigenvalue weighted by molar-refractivity contribution is 7.88. The average molecular weight is 484 g/mol. The van der Waals surface area contributed by atoms with Crippen LogP contribution in [0.5, 0.6) is 0 Å². The van der Waals surface area contributed by atoms with Crippen LogP contribution < -0.4 is 10.9 Å². The second-order valence-corrected chi connectivity index (χ2v) is 11.1. The molecule has 0 spiro atoms. The van der Waals surface area contributed by atoms with Crippen LogP contribution in [0, 0.1) is 6.92 Å². The Morgan fingerprint density at radius 2 is 1.88 bits per heavy atom. The van der Waals surface area contributed by atoms with Crippen molar-refractivity contribution < 1.29 is 13.2 Å². The van der Waals surface area contributed by atoms with Gasteiger partial charge in [0.05, 0.1) is 18.9 Å². The summed E-state index contributed by atoms with van der Waals surface area (Å²) in [4.78, 5) is 23.0. The summed E-state index contributed by atoms with van der Waals surface area (Å²) in [5, 5.41) is 4.14. The number of aryl methyl sites for hydroxylation is 1. The van der Waals surface area contributed by atoms with Crippen LogP contribution >= 0.6 is 0 Å². The van der Waals surface area contributed by atoms with Gasteiger partial charge in [0.15, 0.2) is 0 Å². The van der Waals surface area contributed by atoms with E-state index in [1.54, 1.807) is 10.8 Å². The second-order valence-electron chi connectivity index (χ2n) is 9.12. The largest absolute Gasteiger partial charge is 0.379 e. The van der Waals surface area contributed by atoms with Crippen molar-refractivity contribution in [3.63, 3.8) is 0 Å². The van der Waals surface area contributed by atoms with Gasteiger partial charge in [-0.15, -0.1) is 0 Å². The molecule has 10 heteroatoms. The summed E-state index contributed by atoms with van der Waals surface area (Å²) in [5.41, 5.74) is 3.08. The third kappa shape index (κ3) is 4.45. The molecule has 180 valence electrons. The van der Waals surface area contributed by atoms with E-state index in [2.05, 4.69) is 10.3 Å². The lowest BCUT2D eigenvalue weighted by molar-refractivity contribution is 0.186. The number of nitrogens with one attached hydrogen (secondary N) is 1. The number of hydrogen-bond acceptors (Lipinski definition) is 7. The van der Waals surface area contributed by atoms with Crippen LogP contribution in [0.15, 0.2) is 41.3 Å². The van der Waals surface area contributed by atoms with Crippen molar-refractivity contribution >= 4 is 27.0 Å². The molecule has 2 aromatic heterocycles. The fourth-order valence-electron chi connectivity index (χ4n) is 4.84. The van der Waals surface area contributed by atoms with Gasteiger partial charge in [-0.1, -0.05) is 24.3 Å². The van der Waals surface area contributed by atoms with Crippen molar-refractivity contribution in [2.75, 3.05) is 37.9 Å². The Morgan fingerprint density at radius 3 is 2.56 bits per heavy atom. The fraction of sp³-hybridized carbons (Fsp3) is 0.458. The predicted molar refractivity (Wildman–Crippen MR) is 132 cm³/mol. The molecule has 5 rings (SSSR count). The number of piperidine rings is 1. The molecule has 9 nitrogen and oxygen atoms in total. The SMILES string of the molecule is Cc1ccccc1-c1cc2cnc(NC3CCN(S(C)(=O)=O)CC3)nc2n(C2CCOC2)c1=O. The average Bonchev–Trinajstić information content (AvgIpc) is 3.33. The maximum Gasteiger partial charge on any atom is 0.260 e. The van der Waals surface area contributed by atoms with Crippen molar-refractivity contribution in [3.8, 4) is 11.1 Å². The molecule has 2 fully saturated rings. The molecule has 0 bridgehead atoms. The van der Waals surface area contributed by atoms with Crippen LogP contribution in [0.25, 0.3) is 22.2 Å². The van der Waals surface area contributed by atoms with Gasteiger partial charge in [0, 0.05) is 42.9 Å². The van der Waals surface area contributed by atoms with Gasteiger partial charge >= 0.3 is 0 Å². The zero-order valence-corrected chi connectivity index (χ0v) is 20.2. The van der Waals surface area contributed by atoms with Crippen LogP contribution in [0.3, 0.4) is 0 Å². The molecule has 0 aliphatic carbocycles. The topological polar surface area (TPSA) is 106 Å². The first kappa shape index (κ1) is 22.9. The van der Waals surface area contributed by atoms with E-state index in [0.717, 1.165) is 22.9 Å². The highest BCUT2D eigenvalue weighted by Gasteiger charge is 2.27. The van der Waals surface area contributed by atoms with Gasteiger partial charge in [-0.3, -0.25) is 9.36 Å². The molecule has 1 atom stereocenters. The summed E-state index contributed by atoms with van der Waals surface area (Å²) >= 11 is 0. The Bertz CT molecular complexity index is 1370. The molecule has 0 amide bonds. The molecule has 1 aromatic carbocycles. The normalized spacial score (nSPS) is 20.1. The zero-order valence-electron chi connectivity index (χ0n) is 19.4. The van der Waals surface area contributed by atoms with E-state index in [4.69, 9.17) is 9.72 Å². The van der Waals surface area contributed by atoms with Gasteiger partial charge in [-0.05, 0) is 43.4 Å². The third-order valence-corrected chi connectivity index (χ3v) is 8.04. The van der Waals surface area contributed by atoms with Crippen LogP contribution in [-0.2, 0) is 14.8 Å². The van der Waals surface area contributed by atoms with Crippen LogP contribution in [-0.4, -0.2) is 65.9 Å². The fourth-order valence-corrected chi connectivity index (χ4v) is 5.71. The molecular formula is C24H29N5O4S. The monoisotopic (exact) mass is 483 g/mol. The minimum absolute atomic E-state index is 0.0664. The Labute approximate surface area is 198 Å². The van der Waals surface area contributed by atoms with Gasteiger partial charge in [0.25, 0.3) is 5.56 Å². The lowest BCUT2D eigenvalue weighted by atomic mass is 10.0. The van der Waals surface area contributed by atoms with Gasteiger partial charge in [0.2, 0.25) is 16.0 Å². The number of nitrogens with zero attached hydrogens (tertiary/aromatic N) is 4. The van der Waals surface area contributed by atoms with Gasteiger partial charge in [-0.25, -0.2) is 17.7 Å². The van der Waals surface area contributed by atoms with Gasteiger partial charge < -0.3 is 10.1 Å². The minimum atomic E-state index is -3.18. The zero-order chi connectivity index (χ0) is 23.9. The lowest BCUT2D eigenvalue weighted by Gasteiger charge is -2.30. The number of fused-ring (bicyclic) bond motifs is 1. The molecule has 2 saturated heterocycles. The maximum absolute atomic E-state index is 13.7. The number of hydrogen-bond donors (Lipinski definition) is 1. The molecule has 2 aliphatic rings. The van der Waals surface area contributed by atoms with E-state index >= 15 is 0 Å². The molecule has 2 aliphatic heterocycles. The summed E-state index contributed by atoms with van der Waals surface area (Å²) in [7, 11) is -3.18. The summed E-state index contributed by atoms with van der Waals surface area (Å²) < 4.78 is 32.4. The third-order valence-electron chi connectivity index (χ3n) is 6.74. The van der Waals surface area contributed by atoms with Crippen LogP contribution in [0.2, 0.25) is 0 Å². The van der Waals surface area contributed by atoms with Crippen molar-refractivity contribution in [2.24, 2.45) is 0 Å². The molecular weight excluding hydrogens is 454 g/mol. The van der Waals surface area contributed by atoms with E-state index < -0.39 is 10.0 Å². The van der Waals surface area contributed by atoms with E-state index in [1.807, 2.05) is 37.3 Å². The summed E-state index contributed by atoms with van der Waals surface area (Å²) in [6.07, 6.45) is 5.09. The van der Waals surface area contributed by atoms with Crippen molar-refractivity contribution in [1.29, 1.82) is 0 Å².